The van der Waals surface area contributed by atoms with Gasteiger partial charge in [-0.25, -0.2) is 0 Å². The lowest BCUT2D eigenvalue weighted by Crippen LogP contribution is -1.94. The van der Waals surface area contributed by atoms with Crippen molar-refractivity contribution < 1.29 is 0 Å². The second kappa shape index (κ2) is 18.0. The molecule has 336 valence electrons. The van der Waals surface area contributed by atoms with Crippen LogP contribution in [-0.4, -0.2) is 0 Å². The molecular weight excluding hydrogens is 865 g/mol. The van der Waals surface area contributed by atoms with Crippen molar-refractivity contribution >= 4 is 86.2 Å². The normalized spacial score (nSPS) is 11.8. The number of rotatable bonds is 6. The molecule has 0 spiro atoms. The lowest BCUT2D eigenvalue weighted by molar-refractivity contribution is 0.802. The zero-order valence-electron chi connectivity index (χ0n) is 40.6. The molecule has 0 nitrogen and oxygen atoms in total. The second-order valence-corrected chi connectivity index (χ2v) is 19.3. The maximum atomic E-state index is 3.78. The highest BCUT2D eigenvalue weighted by atomic mass is 14.2. The highest BCUT2D eigenvalue weighted by Gasteiger charge is 2.16. The Labute approximate surface area is 421 Å². The van der Waals surface area contributed by atoms with Crippen LogP contribution in [0.25, 0.3) is 86.2 Å². The van der Waals surface area contributed by atoms with E-state index < -0.39 is 0 Å². The summed E-state index contributed by atoms with van der Waals surface area (Å²) in [7, 11) is 0. The molecule has 0 heterocycles. The van der Waals surface area contributed by atoms with Gasteiger partial charge < -0.3 is 0 Å². The van der Waals surface area contributed by atoms with Crippen LogP contribution >= 0.6 is 0 Å². The molecule has 0 aromatic heterocycles. The van der Waals surface area contributed by atoms with Gasteiger partial charge in [0.2, 0.25) is 0 Å². The Bertz CT molecular complexity index is 4200. The van der Waals surface area contributed by atoms with Crippen molar-refractivity contribution in [3.05, 3.63) is 238 Å². The first-order chi connectivity index (χ1) is 35.6. The van der Waals surface area contributed by atoms with Crippen molar-refractivity contribution in [1.29, 1.82) is 0 Å². The summed E-state index contributed by atoms with van der Waals surface area (Å²) in [4.78, 5) is 0. The lowest BCUT2D eigenvalue weighted by Gasteiger charge is -2.14. The van der Waals surface area contributed by atoms with Crippen molar-refractivity contribution in [2.45, 2.75) is 52.4 Å². The molecule has 4 aliphatic carbocycles. The van der Waals surface area contributed by atoms with Gasteiger partial charge in [0.25, 0.3) is 0 Å². The van der Waals surface area contributed by atoms with E-state index >= 15 is 0 Å². The molecule has 12 aromatic carbocycles. The van der Waals surface area contributed by atoms with Crippen LogP contribution in [0.2, 0.25) is 0 Å². The zero-order chi connectivity index (χ0) is 48.1. The molecule has 0 radical (unpaired) electrons. The Morgan fingerprint density at radius 1 is 0.250 bits per heavy atom. The highest BCUT2D eigenvalue weighted by molar-refractivity contribution is 6.12. The standard InChI is InChI=1S/C72H48/c1-3-5-25-55-61-31-13-19-49-37-35-47-17-11-23-53-44-68-48(18-12-24-54(68)43-67(47)53)36-38-50-20-14-32-62-56(26-6-4-2)64-34-16-22-52(72(64)46-70(50)62)40-42-66-59-29-9-7-27-57(59)65(58-28-8-10-30-60(58)66)41-39-51-21-15-33-63(55)71(51)45-69(49)61/h7-24,27-34,43-46H,3-6,25-26H2,1-2H3. The molecule has 0 heteroatoms. The third-order valence-electron chi connectivity index (χ3n) is 15.0. The minimum absolute atomic E-state index is 0.980. The Kier molecular flexibility index (Phi) is 10.8. The zero-order valence-corrected chi connectivity index (χ0v) is 40.6. The largest absolute Gasteiger partial charge is 0.0654 e. The lowest BCUT2D eigenvalue weighted by atomic mass is 9.89. The summed E-state index contributed by atoms with van der Waals surface area (Å²) in [6.45, 7) is 4.54. The van der Waals surface area contributed by atoms with Gasteiger partial charge in [0.1, 0.15) is 0 Å². The molecule has 12 bridgehead atoms. The third-order valence-corrected chi connectivity index (χ3v) is 15.0. The van der Waals surface area contributed by atoms with E-state index in [0.29, 0.717) is 0 Å². The van der Waals surface area contributed by atoms with Gasteiger partial charge in [-0.05, 0) is 184 Å². The summed E-state index contributed by atoms with van der Waals surface area (Å²) >= 11 is 0. The SMILES string of the molecule is CCCCc1c2cccc3c2cc2c(cccc12)C#Cc1c2ccccc2c(c2ccccc12)C#Cc1cccc2c(CCCC)c4cccc(c4cc12)C#Cc1cccc2cc4c(cccc4cc12)C#C3. The molecule has 0 atom stereocenters. The van der Waals surface area contributed by atoms with Gasteiger partial charge >= 0.3 is 0 Å². The Hall–Kier alpha value is -9.04. The first-order valence-electron chi connectivity index (χ1n) is 25.5. The van der Waals surface area contributed by atoms with Gasteiger partial charge in [-0.2, -0.15) is 0 Å². The van der Waals surface area contributed by atoms with E-state index in [2.05, 4.69) is 243 Å². The Morgan fingerprint density at radius 2 is 0.528 bits per heavy atom. The average Bonchev–Trinajstić information content (AvgIpc) is 3.42. The molecule has 16 rings (SSSR count). The fourth-order valence-corrected chi connectivity index (χ4v) is 11.4. The number of hydrogen-bond donors (Lipinski definition) is 0. The predicted molar refractivity (Wildman–Crippen MR) is 307 cm³/mol. The van der Waals surface area contributed by atoms with Crippen LogP contribution < -0.4 is 0 Å². The van der Waals surface area contributed by atoms with Gasteiger partial charge in [-0.15, -0.1) is 0 Å². The van der Waals surface area contributed by atoms with Gasteiger partial charge in [-0.3, -0.25) is 0 Å². The fourth-order valence-electron chi connectivity index (χ4n) is 11.4. The number of hydrogen-bond acceptors (Lipinski definition) is 0. The van der Waals surface area contributed by atoms with E-state index in [0.717, 1.165) is 148 Å². The van der Waals surface area contributed by atoms with Crippen molar-refractivity contribution in [1.82, 2.24) is 0 Å². The molecule has 0 N–H and O–H groups in total. The van der Waals surface area contributed by atoms with Crippen molar-refractivity contribution in [3.63, 3.8) is 0 Å². The molecule has 0 saturated carbocycles. The minimum atomic E-state index is 0.980. The van der Waals surface area contributed by atoms with E-state index in [1.807, 2.05) is 0 Å². The third kappa shape index (κ3) is 7.33. The summed E-state index contributed by atoms with van der Waals surface area (Å²) in [6.07, 6.45) is 6.38. The second-order valence-electron chi connectivity index (χ2n) is 19.3. The maximum absolute atomic E-state index is 3.78. The highest BCUT2D eigenvalue weighted by Crippen LogP contribution is 2.38. The number of benzene rings is 12. The topological polar surface area (TPSA) is 0 Å². The summed E-state index contributed by atoms with van der Waals surface area (Å²) in [5, 5.41) is 18.6. The van der Waals surface area contributed by atoms with Gasteiger partial charge in [0.05, 0.1) is 0 Å². The molecule has 12 aromatic rings. The van der Waals surface area contributed by atoms with Crippen molar-refractivity contribution in [2.24, 2.45) is 0 Å². The van der Waals surface area contributed by atoms with E-state index in [-0.39, 0.29) is 0 Å². The van der Waals surface area contributed by atoms with E-state index in [1.54, 1.807) is 0 Å². The Morgan fingerprint density at radius 3 is 0.847 bits per heavy atom. The number of unbranched alkanes of at least 4 members (excludes halogenated alkanes) is 2. The first-order valence-corrected chi connectivity index (χ1v) is 25.5. The molecule has 0 aliphatic heterocycles. The van der Waals surface area contributed by atoms with Gasteiger partial charge in [-0.1, -0.05) is 195 Å². The van der Waals surface area contributed by atoms with Crippen LogP contribution in [0.1, 0.15) is 95.2 Å². The smallest absolute Gasteiger partial charge is 0.0406 e. The molecule has 0 amide bonds. The quantitative estimate of drug-likeness (QED) is 0.115. The first kappa shape index (κ1) is 43.0. The molecule has 0 fully saturated rings. The van der Waals surface area contributed by atoms with Crippen LogP contribution in [0.4, 0.5) is 0 Å². The molecular formula is C72H48. The van der Waals surface area contributed by atoms with E-state index in [4.69, 9.17) is 0 Å². The average molecular weight is 913 g/mol. The molecule has 72 heavy (non-hydrogen) atoms. The van der Waals surface area contributed by atoms with E-state index in [9.17, 15) is 0 Å². The summed E-state index contributed by atoms with van der Waals surface area (Å²) in [6, 6.07) is 66.1. The summed E-state index contributed by atoms with van der Waals surface area (Å²) < 4.78 is 0. The predicted octanol–water partition coefficient (Wildman–Crippen LogP) is 17.5. The molecule has 4 aliphatic rings. The fraction of sp³-hybridized carbons (Fsp3) is 0.111. The maximum Gasteiger partial charge on any atom is 0.0406 e. The van der Waals surface area contributed by atoms with Gasteiger partial charge in [0, 0.05) is 44.5 Å². The Balaban J connectivity index is 1.13. The van der Waals surface area contributed by atoms with Crippen LogP contribution in [-0.2, 0) is 12.8 Å². The number of aryl methyl sites for hydroxylation is 2. The van der Waals surface area contributed by atoms with Crippen molar-refractivity contribution in [3.8, 4) is 47.4 Å². The summed E-state index contributed by atoms with van der Waals surface area (Å²) in [5.74, 6) is 29.8. The summed E-state index contributed by atoms with van der Waals surface area (Å²) in [5.41, 5.74) is 10.8. The van der Waals surface area contributed by atoms with Crippen molar-refractivity contribution in [2.75, 3.05) is 0 Å². The van der Waals surface area contributed by atoms with Crippen LogP contribution in [0.5, 0.6) is 0 Å². The molecule has 0 unspecified atom stereocenters. The monoisotopic (exact) mass is 912 g/mol. The van der Waals surface area contributed by atoms with Crippen LogP contribution in [0, 0.1) is 47.4 Å². The van der Waals surface area contributed by atoms with Crippen LogP contribution in [0.15, 0.2) is 182 Å². The molecule has 0 saturated heterocycles. The van der Waals surface area contributed by atoms with Gasteiger partial charge in [0.15, 0.2) is 0 Å². The minimum Gasteiger partial charge on any atom is -0.0654 e. The van der Waals surface area contributed by atoms with E-state index in [1.165, 1.54) is 32.7 Å². The van der Waals surface area contributed by atoms with Crippen LogP contribution in [0.3, 0.4) is 0 Å².